The summed E-state index contributed by atoms with van der Waals surface area (Å²) in [6, 6.07) is 5.24. The fourth-order valence-electron chi connectivity index (χ4n) is 1.48. The molecule has 1 aromatic rings. The van der Waals surface area contributed by atoms with Gasteiger partial charge < -0.3 is 17.8 Å². The summed E-state index contributed by atoms with van der Waals surface area (Å²) in [5.41, 5.74) is 0. The van der Waals surface area contributed by atoms with Crippen LogP contribution < -0.4 is 56.3 Å². The molecule has 7 heteroatoms. The Bertz CT molecular complexity index is 313. The monoisotopic (exact) mass is 240 g/mol. The molecule has 0 aliphatic carbocycles. The van der Waals surface area contributed by atoms with Gasteiger partial charge in [-0.2, -0.15) is 0 Å². The van der Waals surface area contributed by atoms with Crippen molar-refractivity contribution in [1.29, 1.82) is 0 Å². The van der Waals surface area contributed by atoms with Crippen molar-refractivity contribution in [2.45, 2.75) is 5.82 Å². The minimum atomic E-state index is -4.67. The smallest absolute Gasteiger partial charge is 0.449 e. The van der Waals surface area contributed by atoms with Gasteiger partial charge in [0.1, 0.15) is 5.82 Å². The summed E-state index contributed by atoms with van der Waals surface area (Å²) < 4.78 is 36.6. The van der Waals surface area contributed by atoms with E-state index < -0.39 is 12.8 Å². The first-order valence-corrected chi connectivity index (χ1v) is 4.43. The number of rotatable bonds is 2. The average Bonchev–Trinajstić information content (AvgIpc) is 2.00. The van der Waals surface area contributed by atoms with Gasteiger partial charge in [0, 0.05) is 6.20 Å². The summed E-state index contributed by atoms with van der Waals surface area (Å²) in [6.07, 6.45) is 1.58. The summed E-state index contributed by atoms with van der Waals surface area (Å²) in [6.45, 7) is -4.56. The van der Waals surface area contributed by atoms with Gasteiger partial charge in [-0.05, 0) is 31.0 Å². The molecule has 76 valence electrons. The van der Waals surface area contributed by atoms with Crippen LogP contribution in [0.3, 0.4) is 0 Å². The van der Waals surface area contributed by atoms with Crippen molar-refractivity contribution in [2.75, 3.05) is 18.0 Å². The Balaban J connectivity index is 0.00000112. The normalized spacial score (nSPS) is 16.9. The molecule has 1 saturated heterocycles. The summed E-state index contributed by atoms with van der Waals surface area (Å²) in [5.74, 6) is -0.499. The molecule has 0 aromatic carbocycles. The number of nitrogens with zero attached hydrogens (tertiary/aromatic N) is 2. The fourth-order valence-corrected chi connectivity index (χ4v) is 1.48. The molecule has 1 aliphatic rings. The van der Waals surface area contributed by atoms with Crippen molar-refractivity contribution in [3.05, 3.63) is 24.4 Å². The van der Waals surface area contributed by atoms with Crippen molar-refractivity contribution in [3.8, 4) is 0 Å². The van der Waals surface area contributed by atoms with E-state index >= 15 is 0 Å². The Morgan fingerprint density at radius 1 is 1.27 bits per heavy atom. The molecule has 0 N–H and O–H groups in total. The Hall–Kier alpha value is 0.441. The van der Waals surface area contributed by atoms with Crippen molar-refractivity contribution in [2.24, 2.45) is 0 Å². The van der Waals surface area contributed by atoms with Crippen LogP contribution in [0, 0.1) is 0 Å². The second kappa shape index (κ2) is 5.18. The van der Waals surface area contributed by atoms with Crippen LogP contribution in [0.4, 0.5) is 18.8 Å². The van der Waals surface area contributed by atoms with Crippen molar-refractivity contribution in [1.82, 2.24) is 4.98 Å². The topological polar surface area (TPSA) is 16.1 Å². The third-order valence-corrected chi connectivity index (χ3v) is 2.42. The maximum atomic E-state index is 12.2. The van der Waals surface area contributed by atoms with E-state index in [0.717, 1.165) is 0 Å². The van der Waals surface area contributed by atoms with Crippen LogP contribution in [0.25, 0.3) is 0 Å². The summed E-state index contributed by atoms with van der Waals surface area (Å²) in [4.78, 5) is 5.62. The van der Waals surface area contributed by atoms with E-state index in [-0.39, 0.29) is 64.5 Å². The minimum Gasteiger partial charge on any atom is -0.449 e. The molecule has 0 saturated carbocycles. The van der Waals surface area contributed by atoms with Crippen molar-refractivity contribution >= 4 is 12.8 Å². The number of hydrogen-bond acceptors (Lipinski definition) is 2. The predicted molar refractivity (Wildman–Crippen MR) is 49.3 cm³/mol. The molecule has 15 heavy (non-hydrogen) atoms. The molecular weight excluding hydrogens is 231 g/mol. The average molecular weight is 240 g/mol. The molecule has 1 aliphatic heterocycles. The fraction of sp³-hybridized carbons (Fsp3) is 0.375. The summed E-state index contributed by atoms with van der Waals surface area (Å²) in [5, 5.41) is 0. The minimum absolute atomic E-state index is 0. The van der Waals surface area contributed by atoms with E-state index in [4.69, 9.17) is 0 Å². The van der Waals surface area contributed by atoms with Crippen molar-refractivity contribution in [3.63, 3.8) is 0 Å². The van der Waals surface area contributed by atoms with Crippen LogP contribution in [-0.4, -0.2) is 25.1 Å². The van der Waals surface area contributed by atoms with Crippen LogP contribution in [0.15, 0.2) is 24.4 Å². The van der Waals surface area contributed by atoms with Gasteiger partial charge in [0.05, 0.1) is 0 Å². The molecule has 1 fully saturated rings. The van der Waals surface area contributed by atoms with Crippen LogP contribution >= 0.6 is 0 Å². The van der Waals surface area contributed by atoms with Gasteiger partial charge in [-0.1, -0.05) is 6.07 Å². The molecule has 0 radical (unpaired) electrons. The molecule has 2 rings (SSSR count). The van der Waals surface area contributed by atoms with Gasteiger partial charge in [0.2, 0.25) is 0 Å². The molecule has 0 amide bonds. The number of aromatic nitrogens is 1. The van der Waals surface area contributed by atoms with E-state index in [1.807, 2.05) is 0 Å². The Kier molecular flexibility index (Phi) is 4.66. The Labute approximate surface area is 129 Å². The third kappa shape index (κ3) is 3.20. The molecule has 0 bridgehead atoms. The molecule has 0 unspecified atom stereocenters. The quantitative estimate of drug-likeness (QED) is 0.624. The van der Waals surface area contributed by atoms with Gasteiger partial charge in [0.25, 0.3) is 0 Å². The molecular formula is C8H9BF3KN2. The predicted octanol–water partition coefficient (Wildman–Crippen LogP) is -0.877. The Morgan fingerprint density at radius 2 is 1.93 bits per heavy atom. The van der Waals surface area contributed by atoms with E-state index in [9.17, 15) is 12.9 Å². The zero-order chi connectivity index (χ0) is 10.2. The van der Waals surface area contributed by atoms with Gasteiger partial charge in [-0.3, -0.25) is 0 Å². The van der Waals surface area contributed by atoms with Crippen LogP contribution in [0.2, 0.25) is 5.82 Å². The summed E-state index contributed by atoms with van der Waals surface area (Å²) >= 11 is 0. The number of hydrogen-bond donors (Lipinski definition) is 0. The van der Waals surface area contributed by atoms with Crippen LogP contribution in [0.5, 0.6) is 0 Å². The van der Waals surface area contributed by atoms with Crippen LogP contribution in [-0.2, 0) is 0 Å². The third-order valence-electron chi connectivity index (χ3n) is 2.42. The summed E-state index contributed by atoms with van der Waals surface area (Å²) in [7, 11) is 0. The number of halogens is 3. The van der Waals surface area contributed by atoms with E-state index in [1.165, 1.54) is 0 Å². The molecule has 2 heterocycles. The first-order valence-electron chi connectivity index (χ1n) is 4.43. The molecule has 2 nitrogen and oxygen atoms in total. The van der Waals surface area contributed by atoms with Crippen molar-refractivity contribution < 1.29 is 64.3 Å². The first-order chi connectivity index (χ1) is 6.57. The first kappa shape index (κ1) is 13.5. The standard InChI is InChI=1S/C8H9BF3N2.K/c10-9(11,12)7-5-14(6-7)8-3-1-2-4-13-8;/h1-4,7H,5-6H2;/q-1;+1. The SMILES string of the molecule is F[B-](F)(F)C1CN(c2ccccn2)C1.[K+]. The maximum absolute atomic E-state index is 12.2. The number of anilines is 1. The van der Waals surface area contributed by atoms with Gasteiger partial charge in [-0.25, -0.2) is 4.98 Å². The number of pyridine rings is 1. The molecule has 1 aromatic heterocycles. The van der Waals surface area contributed by atoms with Crippen LogP contribution in [0.1, 0.15) is 0 Å². The van der Waals surface area contributed by atoms with Gasteiger partial charge in [-0.15, -0.1) is 0 Å². The van der Waals surface area contributed by atoms with E-state index in [2.05, 4.69) is 4.98 Å². The van der Waals surface area contributed by atoms with E-state index in [0.29, 0.717) is 5.82 Å². The maximum Gasteiger partial charge on any atom is 1.00 e. The van der Waals surface area contributed by atoms with E-state index in [1.54, 1.807) is 29.3 Å². The Morgan fingerprint density at radius 3 is 2.40 bits per heavy atom. The largest absolute Gasteiger partial charge is 1.00 e. The molecule has 0 spiro atoms. The van der Waals surface area contributed by atoms with Gasteiger partial charge >= 0.3 is 58.4 Å². The van der Waals surface area contributed by atoms with Gasteiger partial charge in [0.15, 0.2) is 0 Å². The second-order valence-electron chi connectivity index (χ2n) is 3.48. The molecule has 0 atom stereocenters. The zero-order valence-corrected chi connectivity index (χ0v) is 11.5. The zero-order valence-electron chi connectivity index (χ0n) is 8.41. The second-order valence-corrected chi connectivity index (χ2v) is 3.48.